The second-order valence-electron chi connectivity index (χ2n) is 2.85. The molecule has 0 spiro atoms. The zero-order valence-electron chi connectivity index (χ0n) is 8.83. The largest absolute Gasteiger partial charge is 0.214 e. The number of aryl methyl sites for hydroxylation is 2. The minimum absolute atomic E-state index is 1.39. The molecule has 0 saturated carbocycles. The van der Waals surface area contributed by atoms with Gasteiger partial charge in [0.1, 0.15) is 0 Å². The smallest absolute Gasteiger partial charge is 0.172 e. The van der Waals surface area contributed by atoms with Crippen molar-refractivity contribution in [3.05, 3.63) is 59.7 Å². The van der Waals surface area contributed by atoms with Crippen molar-refractivity contribution in [2.75, 3.05) is 0 Å². The Morgan fingerprint density at radius 2 is 1.36 bits per heavy atom. The van der Waals surface area contributed by atoms with Crippen molar-refractivity contribution >= 4 is 4.82 Å². The van der Waals surface area contributed by atoms with Crippen LogP contribution in [0.25, 0.3) is 0 Å². The predicted octanol–water partition coefficient (Wildman–Crippen LogP) is 3.39. The Labute approximate surface area is 98.2 Å². The summed E-state index contributed by atoms with van der Waals surface area (Å²) in [5, 5.41) is 0. The molecule has 0 heterocycles. The summed E-state index contributed by atoms with van der Waals surface area (Å²) >= 11 is 1.75. The zero-order valence-corrected chi connectivity index (χ0v) is 10.4. The third-order valence-electron chi connectivity index (χ3n) is 1.87. The molecule has 2 rings (SSSR count). The first-order valence-electron chi connectivity index (χ1n) is 4.51. The van der Waals surface area contributed by atoms with Crippen LogP contribution in [0.5, 0.6) is 0 Å². The summed E-state index contributed by atoms with van der Waals surface area (Å²) in [6, 6.07) is 16.3. The Morgan fingerprint density at radius 1 is 0.929 bits per heavy atom. The van der Waals surface area contributed by atoms with Crippen molar-refractivity contribution in [2.45, 2.75) is 13.8 Å². The zero-order chi connectivity index (χ0) is 10.8. The monoisotopic (exact) mass is 220 g/mol. The molecule has 0 N–H and O–H groups in total. The summed E-state index contributed by atoms with van der Waals surface area (Å²) in [5.74, 6) is 0. The molecule has 0 atom stereocenters. The summed E-state index contributed by atoms with van der Waals surface area (Å²) in [5.41, 5.74) is 2.78. The van der Waals surface area contributed by atoms with Gasteiger partial charge in [0.15, 0.2) is 0 Å². The molecule has 0 aliphatic carbocycles. The minimum atomic E-state index is 1.39. The normalized spacial score (nSPS) is 8.00. The first-order valence-corrected chi connectivity index (χ1v) is 5.62. The molecular weight excluding hydrogens is 204 g/mol. The van der Waals surface area contributed by atoms with E-state index in [0.29, 0.717) is 0 Å². The molecule has 0 nitrogen and oxygen atoms in total. The fourth-order valence-electron chi connectivity index (χ4n) is 0.920. The standard InChI is InChI=1S/C7H9.C5H5.CH2.Ti/c1-6-4-3-5-7(6)2;1-2-4-5-3-1;;/h3-5H,1-2H3;1-5H;1H2;/q2*-1;;+2. The van der Waals surface area contributed by atoms with Gasteiger partial charge in [-0.1, -0.05) is 13.8 Å². The van der Waals surface area contributed by atoms with E-state index in [4.69, 9.17) is 0 Å². The Morgan fingerprint density at radius 3 is 1.50 bits per heavy atom. The van der Waals surface area contributed by atoms with E-state index in [1.54, 1.807) is 20.0 Å². The fraction of sp³-hybridized carbons (Fsp3) is 0.154. The Kier molecular flexibility index (Phi) is 8.41. The predicted molar refractivity (Wildman–Crippen MR) is 60.7 cm³/mol. The van der Waals surface area contributed by atoms with E-state index < -0.39 is 0 Å². The van der Waals surface area contributed by atoms with Gasteiger partial charge in [0.05, 0.1) is 0 Å². The van der Waals surface area contributed by atoms with E-state index in [2.05, 4.69) is 36.9 Å². The van der Waals surface area contributed by atoms with Crippen molar-refractivity contribution in [3.63, 3.8) is 0 Å². The van der Waals surface area contributed by atoms with Gasteiger partial charge in [0, 0.05) is 0 Å². The molecule has 0 fully saturated rings. The quantitative estimate of drug-likeness (QED) is 0.471. The van der Waals surface area contributed by atoms with Crippen molar-refractivity contribution in [3.8, 4) is 0 Å². The molecule has 0 unspecified atom stereocenters. The van der Waals surface area contributed by atoms with Gasteiger partial charge in [-0.05, 0) is 0 Å². The Bertz CT molecular complexity index is 270. The molecular formula is C13H16Ti. The van der Waals surface area contributed by atoms with Crippen molar-refractivity contribution in [1.82, 2.24) is 0 Å². The van der Waals surface area contributed by atoms with Gasteiger partial charge < -0.3 is 0 Å². The van der Waals surface area contributed by atoms with Crippen molar-refractivity contribution in [2.24, 2.45) is 0 Å². The van der Waals surface area contributed by atoms with E-state index in [-0.39, 0.29) is 0 Å². The van der Waals surface area contributed by atoms with Crippen molar-refractivity contribution in [1.29, 1.82) is 0 Å². The third-order valence-corrected chi connectivity index (χ3v) is 1.87. The van der Waals surface area contributed by atoms with Crippen molar-refractivity contribution < 1.29 is 20.0 Å². The summed E-state index contributed by atoms with van der Waals surface area (Å²) in [6.45, 7) is 4.24. The molecule has 0 radical (unpaired) electrons. The van der Waals surface area contributed by atoms with Gasteiger partial charge >= 0.3 is 24.8 Å². The molecule has 0 amide bonds. The molecule has 14 heavy (non-hydrogen) atoms. The molecule has 0 aliphatic heterocycles. The van der Waals surface area contributed by atoms with Gasteiger partial charge in [-0.25, -0.2) is 12.1 Å². The van der Waals surface area contributed by atoms with E-state index in [1.807, 2.05) is 30.3 Å². The van der Waals surface area contributed by atoms with Crippen LogP contribution in [0.1, 0.15) is 11.1 Å². The SMILES string of the molecule is Cc1c[cH-]cc1C.[CH2]=[Ti+2].c1cc[cH-]c1. The van der Waals surface area contributed by atoms with Crippen LogP contribution in [0.4, 0.5) is 0 Å². The number of hydrogen-bond donors (Lipinski definition) is 0. The molecule has 1 heteroatoms. The minimum Gasteiger partial charge on any atom is -0.214 e. The number of rotatable bonds is 0. The molecule has 2 aromatic carbocycles. The van der Waals surface area contributed by atoms with Crippen LogP contribution in [-0.2, 0) is 20.0 Å². The van der Waals surface area contributed by atoms with Crippen LogP contribution in [0.3, 0.4) is 0 Å². The first-order chi connectivity index (χ1) is 6.80. The van der Waals surface area contributed by atoms with Crippen LogP contribution in [0, 0.1) is 13.8 Å². The maximum atomic E-state index is 3.25. The Balaban J connectivity index is 0.000000213. The molecule has 2 aromatic rings. The van der Waals surface area contributed by atoms with Crippen LogP contribution >= 0.6 is 0 Å². The van der Waals surface area contributed by atoms with Gasteiger partial charge in [-0.15, -0.1) is 0 Å². The van der Waals surface area contributed by atoms with E-state index in [1.165, 1.54) is 11.1 Å². The van der Waals surface area contributed by atoms with Gasteiger partial charge in [0.2, 0.25) is 0 Å². The van der Waals surface area contributed by atoms with Crippen LogP contribution in [0.2, 0.25) is 0 Å². The maximum Gasteiger partial charge on any atom is -0.172 e. The van der Waals surface area contributed by atoms with E-state index >= 15 is 0 Å². The topological polar surface area (TPSA) is 0 Å². The van der Waals surface area contributed by atoms with Crippen LogP contribution in [0.15, 0.2) is 48.5 Å². The third kappa shape index (κ3) is 5.85. The molecule has 0 aromatic heterocycles. The fourth-order valence-corrected chi connectivity index (χ4v) is 0.920. The molecule has 72 valence electrons. The summed E-state index contributed by atoms with van der Waals surface area (Å²) < 4.78 is 0. The van der Waals surface area contributed by atoms with E-state index in [0.717, 1.165) is 0 Å². The summed E-state index contributed by atoms with van der Waals surface area (Å²) in [4.78, 5) is 3.25. The summed E-state index contributed by atoms with van der Waals surface area (Å²) in [7, 11) is 0. The second kappa shape index (κ2) is 8.86. The van der Waals surface area contributed by atoms with Gasteiger partial charge in [0.25, 0.3) is 0 Å². The average Bonchev–Trinajstić information content (AvgIpc) is 2.86. The molecule has 0 saturated heterocycles. The van der Waals surface area contributed by atoms with Crippen LogP contribution < -0.4 is 0 Å². The van der Waals surface area contributed by atoms with E-state index in [9.17, 15) is 0 Å². The molecule has 0 aliphatic rings. The Hall–Kier alpha value is -0.716. The van der Waals surface area contributed by atoms with Crippen LogP contribution in [-0.4, -0.2) is 4.82 Å². The molecule has 0 bridgehead atoms. The van der Waals surface area contributed by atoms with Gasteiger partial charge in [-0.3, -0.25) is 0 Å². The summed E-state index contributed by atoms with van der Waals surface area (Å²) in [6.07, 6.45) is 0. The van der Waals surface area contributed by atoms with Gasteiger partial charge in [-0.2, -0.15) is 47.5 Å². The maximum absolute atomic E-state index is 3.25. The average molecular weight is 220 g/mol. The first kappa shape index (κ1) is 13.3. The second-order valence-corrected chi connectivity index (χ2v) is 2.85. The number of hydrogen-bond acceptors (Lipinski definition) is 0.